The summed E-state index contributed by atoms with van der Waals surface area (Å²) in [5.41, 5.74) is 8.20. The van der Waals surface area contributed by atoms with Crippen LogP contribution in [0.2, 0.25) is 0 Å². The molecule has 3 aromatic carbocycles. The van der Waals surface area contributed by atoms with Gasteiger partial charge in [0.15, 0.2) is 0 Å². The molecule has 0 bridgehead atoms. The van der Waals surface area contributed by atoms with E-state index >= 15 is 0 Å². The molecular formula is C101H140N18O18S3. The van der Waals surface area contributed by atoms with E-state index < -0.39 is 29.5 Å². The maximum atomic E-state index is 13.4. The molecule has 9 aromatic rings. The summed E-state index contributed by atoms with van der Waals surface area (Å²) < 4.78 is 109. The van der Waals surface area contributed by atoms with Crippen molar-refractivity contribution in [2.75, 3.05) is 138 Å². The fourth-order valence-electron chi connectivity index (χ4n) is 20.1. The number of ether oxygens (including phenoxy) is 6. The van der Waals surface area contributed by atoms with Crippen LogP contribution in [0.1, 0.15) is 181 Å². The number of carbonyl (C=O) groups is 6. The Kier molecular flexibility index (Phi) is 37.0. The summed E-state index contributed by atoms with van der Waals surface area (Å²) in [7, 11) is -7.28. The van der Waals surface area contributed by atoms with Crippen LogP contribution >= 0.6 is 0 Å². The third-order valence-electron chi connectivity index (χ3n) is 28.0. The summed E-state index contributed by atoms with van der Waals surface area (Å²) in [6.45, 7) is 13.0. The van der Waals surface area contributed by atoms with Crippen LogP contribution in [0.15, 0.2) is 128 Å². The first-order valence-electron chi connectivity index (χ1n) is 50.0. The van der Waals surface area contributed by atoms with E-state index in [-0.39, 0.29) is 138 Å². The molecule has 6 N–H and O–H groups in total. The Bertz CT molecular complexity index is 5790. The molecule has 7 fully saturated rings. The van der Waals surface area contributed by atoms with E-state index in [2.05, 4.69) is 55.0 Å². The summed E-state index contributed by atoms with van der Waals surface area (Å²) in [5, 5.41) is 16.3. The maximum absolute atomic E-state index is 13.4. The van der Waals surface area contributed by atoms with Gasteiger partial charge in [-0.2, -0.15) is 15.0 Å². The Morgan fingerprint density at radius 3 is 1.10 bits per heavy atom. The predicted molar refractivity (Wildman–Crippen MR) is 537 cm³/mol. The van der Waals surface area contributed by atoms with Crippen molar-refractivity contribution in [2.45, 2.75) is 230 Å². The average Bonchev–Trinajstić information content (AvgIpc) is 1.64. The monoisotopic (exact) mass is 1990 g/mol. The van der Waals surface area contributed by atoms with Crippen molar-refractivity contribution in [3.8, 4) is 34.7 Å². The lowest BCUT2D eigenvalue weighted by atomic mass is 9.85. The van der Waals surface area contributed by atoms with Gasteiger partial charge < -0.3 is 83.8 Å². The van der Waals surface area contributed by atoms with Crippen LogP contribution in [0.3, 0.4) is 0 Å². The van der Waals surface area contributed by atoms with Crippen molar-refractivity contribution in [1.82, 2.24) is 68.5 Å². The van der Waals surface area contributed by atoms with Gasteiger partial charge in [0.2, 0.25) is 35.6 Å². The van der Waals surface area contributed by atoms with Crippen LogP contribution < -0.4 is 41.2 Å². The van der Waals surface area contributed by atoms with Gasteiger partial charge in [-0.15, -0.1) is 0 Å². The highest BCUT2D eigenvalue weighted by atomic mass is 32.2. The molecule has 7 aliphatic rings. The highest BCUT2D eigenvalue weighted by Gasteiger charge is 2.39. The van der Waals surface area contributed by atoms with Gasteiger partial charge in [-0.25, -0.2) is 40.2 Å². The summed E-state index contributed by atoms with van der Waals surface area (Å²) in [6, 6.07) is 29.0. The normalized spacial score (nSPS) is 20.8. The molecule has 3 amide bonds. The van der Waals surface area contributed by atoms with Gasteiger partial charge in [0.1, 0.15) is 94.6 Å². The van der Waals surface area contributed by atoms with Crippen LogP contribution in [0.25, 0.3) is 50.2 Å². The Labute approximate surface area is 821 Å². The molecule has 6 aromatic heterocycles. The van der Waals surface area contributed by atoms with Crippen LogP contribution in [-0.4, -0.2) is 294 Å². The lowest BCUT2D eigenvalue weighted by Crippen LogP contribution is -2.47. The number of rotatable bonds is 38. The van der Waals surface area contributed by atoms with Gasteiger partial charge in [-0.1, -0.05) is 45.4 Å². The van der Waals surface area contributed by atoms with E-state index in [0.29, 0.717) is 158 Å². The molecule has 760 valence electrons. The minimum atomic E-state index is -3.02. The first-order chi connectivity index (χ1) is 67.4. The number of hydrogen-bond acceptors (Lipinski definition) is 30. The number of likely N-dealkylation sites (N-methyl/N-ethyl adjacent to an activating group) is 2. The summed E-state index contributed by atoms with van der Waals surface area (Å²) >= 11 is 0. The van der Waals surface area contributed by atoms with Gasteiger partial charge in [0.05, 0.1) is 60.1 Å². The Morgan fingerprint density at radius 1 is 0.436 bits per heavy atom. The largest absolute Gasteiger partial charge is 0.493 e. The van der Waals surface area contributed by atoms with Crippen molar-refractivity contribution < 1.29 is 82.4 Å². The van der Waals surface area contributed by atoms with Crippen molar-refractivity contribution in [2.24, 2.45) is 29.4 Å². The van der Waals surface area contributed by atoms with Gasteiger partial charge >= 0.3 is 17.9 Å². The minimum absolute atomic E-state index is 0.00232. The Hall–Kier alpha value is -11.1. The molecule has 10 heterocycles. The fraction of sp³-hybridized carbons (Fsp3) is 0.584. The molecular weight excluding hydrogens is 1850 g/mol. The third-order valence-corrected chi connectivity index (χ3v) is 31.1. The summed E-state index contributed by atoms with van der Waals surface area (Å²) in [4.78, 5) is 113. The molecule has 0 spiro atoms. The van der Waals surface area contributed by atoms with Crippen LogP contribution in [0.4, 0.5) is 17.8 Å². The quantitative estimate of drug-likeness (QED) is 0.0136. The highest BCUT2D eigenvalue weighted by molar-refractivity contribution is 7.91. The first-order valence-corrected chi connectivity index (χ1v) is 56.2. The molecule has 39 heteroatoms. The SMILES string of the molecule is CCC(C)[C@H](NC)C(=O)OC1CCN(C(=O)C2CCC(Nc3nccc(-n4ccc5c(OCCCS(C)(=O)=O)cccc54)n3)CC2)CC1.CCN1CCC[C@H]1C(=O)OC1CCN(C(=O)C2CCC(Nc3nccc(-n4ccc5c(OCCCS(C)(=O)=O)cccc54)n3)CC2)CC1.CS(=O)(=O)CCCOc1cccc2c1ccn2-c1ccnc(NC2CCC(C(=O)N3CCC(OC(=O)CCN)CC3)CC2)n1. The van der Waals surface area contributed by atoms with Crippen LogP contribution in [0.5, 0.6) is 17.2 Å². The number of amides is 3. The molecule has 3 saturated carbocycles. The van der Waals surface area contributed by atoms with Gasteiger partial charge in [0, 0.05) is 192 Å². The van der Waals surface area contributed by atoms with Crippen molar-refractivity contribution in [3.05, 3.63) is 128 Å². The molecule has 140 heavy (non-hydrogen) atoms. The molecule has 3 atom stereocenters. The number of benzene rings is 3. The lowest BCUT2D eigenvalue weighted by molar-refractivity contribution is -0.158. The third kappa shape index (κ3) is 29.1. The number of sulfone groups is 3. The number of nitrogens with zero attached hydrogens (tertiary/aromatic N) is 13. The number of anilines is 3. The number of carbonyl (C=O) groups excluding carboxylic acids is 6. The zero-order valence-corrected chi connectivity index (χ0v) is 84.3. The number of nitrogens with two attached hydrogens (primary N) is 1. The summed E-state index contributed by atoms with van der Waals surface area (Å²) in [5.74, 6) is 6.47. The van der Waals surface area contributed by atoms with Crippen LogP contribution in [-0.2, 0) is 72.5 Å². The van der Waals surface area contributed by atoms with E-state index in [9.17, 15) is 54.0 Å². The number of piperidine rings is 3. The highest BCUT2D eigenvalue weighted by Crippen LogP contribution is 2.38. The van der Waals surface area contributed by atoms with E-state index in [0.717, 1.165) is 154 Å². The van der Waals surface area contributed by atoms with E-state index in [1.807, 2.05) is 145 Å². The molecule has 36 nitrogen and oxygen atoms in total. The van der Waals surface area contributed by atoms with Gasteiger partial charge in [0.25, 0.3) is 0 Å². The van der Waals surface area contributed by atoms with Gasteiger partial charge in [-0.05, 0) is 208 Å². The topological polar surface area (TPSA) is 439 Å². The number of likely N-dealkylation sites (tertiary alicyclic amines) is 4. The molecule has 1 unspecified atom stereocenters. The number of nitrogens with one attached hydrogen (secondary N) is 4. The molecule has 16 rings (SSSR count). The van der Waals surface area contributed by atoms with Crippen molar-refractivity contribution >= 4 is 116 Å². The molecule has 4 saturated heterocycles. The number of fused-ring (bicyclic) bond motifs is 3. The average molecular weight is 1990 g/mol. The smallest absolute Gasteiger partial charge is 0.323 e. The standard InChI is InChI=1S/C35H48N6O6S.C35H50N6O6S.C31H42N6O6S/c1-3-39-19-5-8-30(39)34(43)47-27-15-20-40(21-16-27)33(42)25-10-12-26(13-11-25)37-35-36-18-14-32(38-35)41-22-17-28-29(41)7-4-9-31(28)46-23-6-24-48(2,44)45;1-5-24(2)32(36-3)34(43)47-27-15-19-40(20-16-27)33(42)25-10-12-26(13-11-25)38-35-37-18-14-31(39-35)41-21-17-28-29(41)8-6-9-30(28)46-22-7-23-48(4,44)45;1-44(40,41)21-3-20-42-27-5-2-4-26-25(27)14-19-37(26)28-11-16-33-31(35-28)34-23-8-6-22(7-9-23)30(39)36-17-12-24(13-18-36)43-29(38)10-15-32/h4,7,9,14,17-18,22,25-27,30H,3,5-6,8,10-13,15-16,19-21,23-24H2,1-2H3,(H,36,37,38);6,8-9,14,17-18,21,24-27,32,36H,5,7,10-13,15-16,19-20,22-23H2,1-4H3,(H,37,38,39);2,4-5,11,14,16,19,22-24H,3,6-10,12-13,15,17-18,20-21,32H2,1H3,(H,33,34,35)/t25?,26?,30-;24?,25?,26?,32-;/m00./s1. The van der Waals surface area contributed by atoms with E-state index in [1.165, 1.54) is 18.8 Å². The molecule has 0 radical (unpaired) electrons. The van der Waals surface area contributed by atoms with E-state index in [4.69, 9.17) is 49.1 Å². The Morgan fingerprint density at radius 2 is 0.779 bits per heavy atom. The predicted octanol–water partition coefficient (Wildman–Crippen LogP) is 11.7. The minimum Gasteiger partial charge on any atom is -0.493 e. The zero-order chi connectivity index (χ0) is 99.0. The number of esters is 3. The number of aromatic nitrogens is 9. The van der Waals surface area contributed by atoms with Crippen molar-refractivity contribution in [3.63, 3.8) is 0 Å². The second-order valence-electron chi connectivity index (χ2n) is 38.3. The van der Waals surface area contributed by atoms with Crippen LogP contribution in [0, 0.1) is 23.7 Å². The molecule has 4 aliphatic heterocycles. The lowest BCUT2D eigenvalue weighted by Gasteiger charge is -2.36. The zero-order valence-electron chi connectivity index (χ0n) is 81.8. The maximum Gasteiger partial charge on any atom is 0.323 e. The second-order valence-corrected chi connectivity index (χ2v) is 45.1. The fourth-order valence-corrected chi connectivity index (χ4v) is 22.0. The van der Waals surface area contributed by atoms with E-state index in [1.54, 1.807) is 25.6 Å². The Balaban J connectivity index is 0.000000167. The second kappa shape index (κ2) is 49.5. The first kappa shape index (κ1) is 105. The van der Waals surface area contributed by atoms with Crippen molar-refractivity contribution in [1.29, 1.82) is 0 Å². The van der Waals surface area contributed by atoms with Gasteiger partial charge in [-0.3, -0.25) is 33.7 Å². The number of hydrogen-bond donors (Lipinski definition) is 5. The summed E-state index contributed by atoms with van der Waals surface area (Å²) in [6.07, 6.45) is 32.7. The molecule has 3 aliphatic carbocycles.